The summed E-state index contributed by atoms with van der Waals surface area (Å²) in [7, 11) is 0. The Balaban J connectivity index is 5.67. The Hall–Kier alpha value is -0.570. The van der Waals surface area contributed by atoms with E-state index in [1.807, 2.05) is 0 Å². The molecule has 3 nitrogen and oxygen atoms in total. The molecule has 3 N–H and O–H groups in total. The van der Waals surface area contributed by atoms with Crippen molar-refractivity contribution in [2.45, 2.75) is 99.5 Å². The molecule has 1 amide bonds. The molecule has 0 spiro atoms. The van der Waals surface area contributed by atoms with Crippen LogP contribution < -0.4 is 11.1 Å². The van der Waals surface area contributed by atoms with E-state index in [0.29, 0.717) is 29.6 Å². The molecule has 25 heavy (non-hydrogen) atoms. The maximum Gasteiger partial charge on any atom is 0.238 e. The molecule has 3 heteroatoms. The van der Waals surface area contributed by atoms with Crippen molar-refractivity contribution in [2.75, 3.05) is 6.54 Å². The molecule has 0 aromatic rings. The Morgan fingerprint density at radius 3 is 1.80 bits per heavy atom. The number of rotatable bonds is 14. The summed E-state index contributed by atoms with van der Waals surface area (Å²) in [6.07, 6.45) is 6.47. The van der Waals surface area contributed by atoms with E-state index < -0.39 is 5.54 Å². The van der Waals surface area contributed by atoms with Crippen LogP contribution in [-0.4, -0.2) is 18.0 Å². The molecule has 0 saturated heterocycles. The molecule has 0 aliphatic carbocycles. The van der Waals surface area contributed by atoms with Gasteiger partial charge in [-0.2, -0.15) is 0 Å². The Kier molecular flexibility index (Phi) is 11.7. The summed E-state index contributed by atoms with van der Waals surface area (Å²) < 4.78 is 0. The minimum Gasteiger partial charge on any atom is -0.368 e. The molecule has 0 heterocycles. The first-order valence-electron chi connectivity index (χ1n) is 10.6. The predicted octanol–water partition coefficient (Wildman–Crippen LogP) is 5.38. The van der Waals surface area contributed by atoms with Crippen LogP contribution >= 0.6 is 0 Å². The molecule has 0 aromatic carbocycles. The van der Waals surface area contributed by atoms with E-state index in [4.69, 9.17) is 5.73 Å². The lowest BCUT2D eigenvalue weighted by molar-refractivity contribution is -0.128. The van der Waals surface area contributed by atoms with Gasteiger partial charge >= 0.3 is 0 Å². The van der Waals surface area contributed by atoms with Crippen molar-refractivity contribution in [1.29, 1.82) is 0 Å². The Morgan fingerprint density at radius 2 is 1.48 bits per heavy atom. The van der Waals surface area contributed by atoms with Gasteiger partial charge in [0.2, 0.25) is 5.91 Å². The normalized spacial score (nSPS) is 16.0. The van der Waals surface area contributed by atoms with Gasteiger partial charge in [0.1, 0.15) is 5.54 Å². The summed E-state index contributed by atoms with van der Waals surface area (Å²) in [5, 5.41) is 3.74. The molecule has 0 saturated carbocycles. The highest BCUT2D eigenvalue weighted by Crippen LogP contribution is 2.35. The van der Waals surface area contributed by atoms with Crippen LogP contribution in [0.3, 0.4) is 0 Å². The zero-order valence-corrected chi connectivity index (χ0v) is 18.3. The first-order valence-corrected chi connectivity index (χ1v) is 10.6. The predicted molar refractivity (Wildman–Crippen MR) is 110 cm³/mol. The fourth-order valence-corrected chi connectivity index (χ4v) is 4.24. The Morgan fingerprint density at radius 1 is 0.960 bits per heavy atom. The highest BCUT2D eigenvalue weighted by molar-refractivity contribution is 5.85. The topological polar surface area (TPSA) is 55.1 Å². The van der Waals surface area contributed by atoms with Crippen LogP contribution in [0.15, 0.2) is 0 Å². The van der Waals surface area contributed by atoms with Gasteiger partial charge in [-0.15, -0.1) is 0 Å². The molecule has 0 aliphatic heterocycles. The lowest BCUT2D eigenvalue weighted by Crippen LogP contribution is -2.62. The summed E-state index contributed by atoms with van der Waals surface area (Å²) in [5.74, 6) is 2.33. The maximum atomic E-state index is 12.8. The zero-order valence-electron chi connectivity index (χ0n) is 18.3. The molecule has 0 bridgehead atoms. The highest BCUT2D eigenvalue weighted by Gasteiger charge is 2.44. The van der Waals surface area contributed by atoms with Crippen molar-refractivity contribution in [3.05, 3.63) is 0 Å². The van der Waals surface area contributed by atoms with Gasteiger partial charge < -0.3 is 11.1 Å². The van der Waals surface area contributed by atoms with Crippen LogP contribution in [0, 0.1) is 29.6 Å². The van der Waals surface area contributed by atoms with Gasteiger partial charge in [-0.3, -0.25) is 4.79 Å². The van der Waals surface area contributed by atoms with Gasteiger partial charge in [-0.05, 0) is 61.8 Å². The van der Waals surface area contributed by atoms with Crippen LogP contribution in [0.4, 0.5) is 0 Å². The summed E-state index contributed by atoms with van der Waals surface area (Å²) in [6, 6.07) is 0. The second kappa shape index (κ2) is 11.9. The van der Waals surface area contributed by atoms with Gasteiger partial charge in [-0.1, -0.05) is 68.2 Å². The van der Waals surface area contributed by atoms with Crippen molar-refractivity contribution in [3.63, 3.8) is 0 Å². The number of primary amides is 1. The van der Waals surface area contributed by atoms with Crippen LogP contribution in [0.5, 0.6) is 0 Å². The Bertz CT molecular complexity index is 355. The molecule has 2 atom stereocenters. The van der Waals surface area contributed by atoms with Crippen LogP contribution in [0.1, 0.15) is 93.9 Å². The van der Waals surface area contributed by atoms with E-state index in [1.165, 1.54) is 12.8 Å². The van der Waals surface area contributed by atoms with Gasteiger partial charge in [0.05, 0.1) is 0 Å². The van der Waals surface area contributed by atoms with Crippen molar-refractivity contribution in [1.82, 2.24) is 5.32 Å². The molecule has 0 radical (unpaired) electrons. The monoisotopic (exact) mass is 354 g/mol. The summed E-state index contributed by atoms with van der Waals surface area (Å²) in [5.41, 5.74) is 5.49. The summed E-state index contributed by atoms with van der Waals surface area (Å²) in [4.78, 5) is 12.8. The first-order chi connectivity index (χ1) is 11.6. The molecule has 0 aromatic heterocycles. The van der Waals surface area contributed by atoms with E-state index in [1.54, 1.807) is 0 Å². The largest absolute Gasteiger partial charge is 0.368 e. The van der Waals surface area contributed by atoms with E-state index in [0.717, 1.165) is 32.2 Å². The number of amides is 1. The van der Waals surface area contributed by atoms with E-state index in [-0.39, 0.29) is 5.91 Å². The number of carbonyl (C=O) groups excluding carboxylic acids is 1. The smallest absolute Gasteiger partial charge is 0.238 e. The molecule has 2 unspecified atom stereocenters. The average Bonchev–Trinajstić information content (AvgIpc) is 2.47. The van der Waals surface area contributed by atoms with Crippen LogP contribution in [0.25, 0.3) is 0 Å². The minimum absolute atomic E-state index is 0.154. The second-order valence-corrected chi connectivity index (χ2v) is 9.33. The van der Waals surface area contributed by atoms with Crippen LogP contribution in [-0.2, 0) is 4.79 Å². The van der Waals surface area contributed by atoms with Gasteiger partial charge in [0.15, 0.2) is 0 Å². The quantitative estimate of drug-likeness (QED) is 0.440. The molecule has 0 fully saturated rings. The fraction of sp³-hybridized carbons (Fsp3) is 0.955. The maximum absolute atomic E-state index is 12.8. The molecule has 0 rings (SSSR count). The van der Waals surface area contributed by atoms with E-state index in [2.05, 4.69) is 60.7 Å². The van der Waals surface area contributed by atoms with E-state index in [9.17, 15) is 4.79 Å². The second-order valence-electron chi connectivity index (χ2n) is 9.33. The van der Waals surface area contributed by atoms with Crippen molar-refractivity contribution < 1.29 is 4.79 Å². The molecular weight excluding hydrogens is 308 g/mol. The van der Waals surface area contributed by atoms with Crippen molar-refractivity contribution >= 4 is 5.91 Å². The third kappa shape index (κ3) is 8.57. The van der Waals surface area contributed by atoms with Crippen molar-refractivity contribution in [3.8, 4) is 0 Å². The van der Waals surface area contributed by atoms with Crippen molar-refractivity contribution in [2.24, 2.45) is 35.3 Å². The standard InChI is InChI=1S/C22H46N2O/c1-9-11-19(10-2)15-24-22(21(23)25,14-18(7)8)20(12-16(3)4)13-17(5)6/h16-20,24H,9-15H2,1-8H3,(H2,23,25). The number of carbonyl (C=O) groups is 1. The van der Waals surface area contributed by atoms with Gasteiger partial charge in [-0.25, -0.2) is 0 Å². The minimum atomic E-state index is -0.579. The highest BCUT2D eigenvalue weighted by atomic mass is 16.1. The SMILES string of the molecule is CCCC(CC)CNC(CC(C)C)(C(N)=O)C(CC(C)C)CC(C)C. The number of nitrogens with one attached hydrogen (secondary N) is 1. The third-order valence-electron chi connectivity index (χ3n) is 5.36. The Labute approximate surface area is 157 Å². The molecule has 150 valence electrons. The van der Waals surface area contributed by atoms with E-state index >= 15 is 0 Å². The summed E-state index contributed by atoms with van der Waals surface area (Å²) >= 11 is 0. The summed E-state index contributed by atoms with van der Waals surface area (Å²) in [6.45, 7) is 18.8. The lowest BCUT2D eigenvalue weighted by Gasteiger charge is -2.43. The zero-order chi connectivity index (χ0) is 19.6. The lowest BCUT2D eigenvalue weighted by atomic mass is 9.70. The van der Waals surface area contributed by atoms with Gasteiger partial charge in [0.25, 0.3) is 0 Å². The molecule has 0 aliphatic rings. The number of hydrogen-bond donors (Lipinski definition) is 2. The van der Waals surface area contributed by atoms with Crippen LogP contribution in [0.2, 0.25) is 0 Å². The number of nitrogens with two attached hydrogens (primary N) is 1. The molecular formula is C22H46N2O. The first kappa shape index (κ1) is 24.4. The fourth-order valence-electron chi connectivity index (χ4n) is 4.24. The average molecular weight is 355 g/mol. The number of hydrogen-bond acceptors (Lipinski definition) is 2. The third-order valence-corrected chi connectivity index (χ3v) is 5.36. The van der Waals surface area contributed by atoms with Gasteiger partial charge in [0, 0.05) is 0 Å².